The second-order valence-electron chi connectivity index (χ2n) is 6.29. The highest BCUT2D eigenvalue weighted by Crippen LogP contribution is 2.34. The van der Waals surface area contributed by atoms with E-state index >= 15 is 0 Å². The van der Waals surface area contributed by atoms with Crippen LogP contribution < -0.4 is 5.73 Å². The summed E-state index contributed by atoms with van der Waals surface area (Å²) in [6.07, 6.45) is 10.8. The Bertz CT molecular complexity index is 792. The number of fused-ring (bicyclic) bond motifs is 1. The molecule has 0 atom stereocenters. The Hall–Kier alpha value is -1.49. The largest absolute Gasteiger partial charge is 0.328 e. The second-order valence-corrected chi connectivity index (χ2v) is 7.66. The fourth-order valence-corrected chi connectivity index (χ4v) is 4.40. The first-order valence-corrected chi connectivity index (χ1v) is 9.11. The van der Waals surface area contributed by atoms with Gasteiger partial charge in [-0.1, -0.05) is 12.1 Å². The van der Waals surface area contributed by atoms with Crippen molar-refractivity contribution in [2.24, 2.45) is 5.73 Å². The standard InChI is InChI=1S/C19H21N3S.ClH/c20-16-4-8-18(9-5-16)23-17-6-1-14(2-7-17)15-3-10-19-21-11-12-22(19)13-15;/h1-3,6-7,10-13,16,18H,4-5,8-9,20H2;1H. The highest BCUT2D eigenvalue weighted by molar-refractivity contribution is 8.00. The molecular formula is C19H22ClN3S. The summed E-state index contributed by atoms with van der Waals surface area (Å²) in [6.45, 7) is 0. The first-order valence-electron chi connectivity index (χ1n) is 8.23. The van der Waals surface area contributed by atoms with Gasteiger partial charge >= 0.3 is 0 Å². The van der Waals surface area contributed by atoms with Crippen LogP contribution in [-0.2, 0) is 0 Å². The summed E-state index contributed by atoms with van der Waals surface area (Å²) in [5.74, 6) is 0. The van der Waals surface area contributed by atoms with E-state index in [1.54, 1.807) is 0 Å². The molecule has 3 aromatic rings. The zero-order valence-corrected chi connectivity index (χ0v) is 15.1. The minimum absolute atomic E-state index is 0. The molecule has 0 amide bonds. The maximum Gasteiger partial charge on any atom is 0.136 e. The van der Waals surface area contributed by atoms with Gasteiger partial charge < -0.3 is 10.1 Å². The average molecular weight is 360 g/mol. The van der Waals surface area contributed by atoms with Gasteiger partial charge in [0.1, 0.15) is 5.65 Å². The molecule has 0 unspecified atom stereocenters. The lowest BCUT2D eigenvalue weighted by molar-refractivity contribution is 0.451. The van der Waals surface area contributed by atoms with Gasteiger partial charge in [-0.3, -0.25) is 0 Å². The molecule has 126 valence electrons. The molecule has 1 aliphatic carbocycles. The molecule has 1 fully saturated rings. The Morgan fingerprint density at radius 1 is 0.958 bits per heavy atom. The van der Waals surface area contributed by atoms with Crippen LogP contribution in [0.5, 0.6) is 0 Å². The van der Waals surface area contributed by atoms with E-state index in [1.165, 1.54) is 41.7 Å². The number of hydrogen-bond donors (Lipinski definition) is 1. The third-order valence-corrected chi connectivity index (χ3v) is 5.95. The van der Waals surface area contributed by atoms with Crippen LogP contribution in [0.25, 0.3) is 16.8 Å². The van der Waals surface area contributed by atoms with Crippen molar-refractivity contribution in [3.63, 3.8) is 0 Å². The van der Waals surface area contributed by atoms with Crippen molar-refractivity contribution in [3.05, 3.63) is 55.0 Å². The molecule has 24 heavy (non-hydrogen) atoms. The number of nitrogens with two attached hydrogens (primary N) is 1. The molecule has 5 heteroatoms. The van der Waals surface area contributed by atoms with E-state index in [0.717, 1.165) is 10.9 Å². The Morgan fingerprint density at radius 2 is 1.67 bits per heavy atom. The van der Waals surface area contributed by atoms with E-state index in [-0.39, 0.29) is 12.4 Å². The summed E-state index contributed by atoms with van der Waals surface area (Å²) < 4.78 is 2.06. The summed E-state index contributed by atoms with van der Waals surface area (Å²) in [4.78, 5) is 5.65. The molecule has 2 N–H and O–H groups in total. The summed E-state index contributed by atoms with van der Waals surface area (Å²) in [7, 11) is 0. The van der Waals surface area contributed by atoms with Gasteiger partial charge in [0.15, 0.2) is 0 Å². The van der Waals surface area contributed by atoms with Crippen LogP contribution in [-0.4, -0.2) is 20.7 Å². The molecule has 2 aromatic heterocycles. The maximum atomic E-state index is 5.99. The van der Waals surface area contributed by atoms with Crippen molar-refractivity contribution in [1.82, 2.24) is 9.38 Å². The topological polar surface area (TPSA) is 43.3 Å². The van der Waals surface area contributed by atoms with Crippen LogP contribution >= 0.6 is 24.2 Å². The first kappa shape index (κ1) is 17.3. The molecule has 3 nitrogen and oxygen atoms in total. The van der Waals surface area contributed by atoms with E-state index in [0.29, 0.717) is 6.04 Å². The van der Waals surface area contributed by atoms with Crippen LogP contribution in [0.4, 0.5) is 0 Å². The van der Waals surface area contributed by atoms with Gasteiger partial charge in [0.2, 0.25) is 0 Å². The maximum absolute atomic E-state index is 5.99. The van der Waals surface area contributed by atoms with E-state index in [1.807, 2.05) is 24.2 Å². The SMILES string of the molecule is Cl.NC1CCC(Sc2ccc(-c3ccc4nccn4c3)cc2)CC1. The van der Waals surface area contributed by atoms with Crippen LogP contribution in [0.2, 0.25) is 0 Å². The van der Waals surface area contributed by atoms with E-state index in [2.05, 4.69) is 52.0 Å². The molecular weight excluding hydrogens is 338 g/mol. The zero-order chi connectivity index (χ0) is 15.6. The summed E-state index contributed by atoms with van der Waals surface area (Å²) in [5, 5.41) is 0.725. The highest BCUT2D eigenvalue weighted by Gasteiger charge is 2.19. The normalized spacial score (nSPS) is 20.7. The molecule has 1 aliphatic rings. The van der Waals surface area contributed by atoms with Gasteiger partial charge in [-0.25, -0.2) is 4.98 Å². The molecule has 0 radical (unpaired) electrons. The Morgan fingerprint density at radius 3 is 2.42 bits per heavy atom. The lowest BCUT2D eigenvalue weighted by atomic mass is 9.96. The van der Waals surface area contributed by atoms with Crippen molar-refractivity contribution < 1.29 is 0 Å². The van der Waals surface area contributed by atoms with Crippen molar-refractivity contribution >= 4 is 29.8 Å². The number of pyridine rings is 1. The lowest BCUT2D eigenvalue weighted by Crippen LogP contribution is -2.27. The Kier molecular flexibility index (Phi) is 5.49. The third-order valence-electron chi connectivity index (χ3n) is 4.60. The van der Waals surface area contributed by atoms with Crippen molar-refractivity contribution in [3.8, 4) is 11.1 Å². The van der Waals surface area contributed by atoms with Gasteiger partial charge in [0.05, 0.1) is 0 Å². The van der Waals surface area contributed by atoms with E-state index in [4.69, 9.17) is 5.73 Å². The molecule has 1 aromatic carbocycles. The molecule has 2 heterocycles. The van der Waals surface area contributed by atoms with Gasteiger partial charge in [-0.2, -0.15) is 0 Å². The van der Waals surface area contributed by atoms with Gasteiger partial charge in [-0.15, -0.1) is 24.2 Å². The molecule has 0 bridgehead atoms. The zero-order valence-electron chi connectivity index (χ0n) is 13.5. The Labute approximate surface area is 153 Å². The molecule has 1 saturated carbocycles. The van der Waals surface area contributed by atoms with Crippen LogP contribution in [0.1, 0.15) is 25.7 Å². The number of halogens is 1. The van der Waals surface area contributed by atoms with Crippen molar-refractivity contribution in [2.45, 2.75) is 41.9 Å². The Balaban J connectivity index is 0.00000169. The quantitative estimate of drug-likeness (QED) is 0.731. The summed E-state index contributed by atoms with van der Waals surface area (Å²) in [6, 6.07) is 13.5. The average Bonchev–Trinajstić information content (AvgIpc) is 3.05. The molecule has 0 spiro atoms. The summed E-state index contributed by atoms with van der Waals surface area (Å²) >= 11 is 2.00. The van der Waals surface area contributed by atoms with Gasteiger partial charge in [-0.05, 0) is 61.1 Å². The fourth-order valence-electron chi connectivity index (χ4n) is 3.22. The monoisotopic (exact) mass is 359 g/mol. The molecule has 4 rings (SSSR count). The minimum Gasteiger partial charge on any atom is -0.328 e. The molecule has 0 saturated heterocycles. The number of aromatic nitrogens is 2. The predicted octanol–water partition coefficient (Wildman–Crippen LogP) is 4.79. The van der Waals surface area contributed by atoms with E-state index in [9.17, 15) is 0 Å². The van der Waals surface area contributed by atoms with Gasteiger partial charge in [0, 0.05) is 34.8 Å². The molecule has 0 aliphatic heterocycles. The van der Waals surface area contributed by atoms with Crippen LogP contribution in [0.15, 0.2) is 59.9 Å². The first-order chi connectivity index (χ1) is 11.3. The number of nitrogens with zero attached hydrogens (tertiary/aromatic N) is 2. The van der Waals surface area contributed by atoms with Crippen molar-refractivity contribution in [1.29, 1.82) is 0 Å². The number of thioether (sulfide) groups is 1. The van der Waals surface area contributed by atoms with Gasteiger partial charge in [0.25, 0.3) is 0 Å². The van der Waals surface area contributed by atoms with Crippen LogP contribution in [0, 0.1) is 0 Å². The smallest absolute Gasteiger partial charge is 0.136 e. The summed E-state index contributed by atoms with van der Waals surface area (Å²) in [5.41, 5.74) is 9.44. The third kappa shape index (κ3) is 3.77. The highest BCUT2D eigenvalue weighted by atomic mass is 35.5. The lowest BCUT2D eigenvalue weighted by Gasteiger charge is -2.25. The fraction of sp³-hybridized carbons (Fsp3) is 0.316. The second kappa shape index (κ2) is 7.60. The number of benzene rings is 1. The minimum atomic E-state index is 0. The number of hydrogen-bond acceptors (Lipinski definition) is 3. The van der Waals surface area contributed by atoms with Crippen molar-refractivity contribution in [2.75, 3.05) is 0 Å². The predicted molar refractivity (Wildman–Crippen MR) is 104 cm³/mol. The van der Waals surface area contributed by atoms with Crippen LogP contribution in [0.3, 0.4) is 0 Å². The number of imidazole rings is 1. The number of rotatable bonds is 3. The van der Waals surface area contributed by atoms with E-state index < -0.39 is 0 Å².